The molecule has 39 heavy (non-hydrogen) atoms. The normalized spacial score (nSPS) is 12.4. The van der Waals surface area contributed by atoms with Crippen molar-refractivity contribution in [3.8, 4) is 16.9 Å². The summed E-state index contributed by atoms with van der Waals surface area (Å²) in [5.74, 6) is -1.64. The lowest BCUT2D eigenvalue weighted by atomic mass is 9.94. The highest BCUT2D eigenvalue weighted by atomic mass is 19.4. The minimum absolute atomic E-state index is 0.0968. The molecule has 0 bridgehead atoms. The van der Waals surface area contributed by atoms with Gasteiger partial charge in [0.15, 0.2) is 0 Å². The Kier molecular flexibility index (Phi) is 10.4. The van der Waals surface area contributed by atoms with Crippen LogP contribution in [0.15, 0.2) is 63.8 Å². The minimum Gasteiger partial charge on any atom is -0.493 e. The molecular formula is C31H35F3O5. The second-order valence-corrected chi connectivity index (χ2v) is 9.82. The van der Waals surface area contributed by atoms with Crippen molar-refractivity contribution < 1.29 is 31.9 Å². The van der Waals surface area contributed by atoms with Crippen molar-refractivity contribution in [1.29, 1.82) is 0 Å². The molecule has 0 saturated heterocycles. The molecule has 0 N–H and O–H groups in total. The third-order valence-electron chi connectivity index (χ3n) is 6.42. The number of carbonyl (C=O) groups is 1. The number of esters is 1. The molecule has 1 unspecified atom stereocenters. The summed E-state index contributed by atoms with van der Waals surface area (Å²) in [5, 5.41) is 0.660. The zero-order valence-corrected chi connectivity index (χ0v) is 22.7. The highest BCUT2D eigenvalue weighted by molar-refractivity contribution is 5.87. The molecule has 0 spiro atoms. The quantitative estimate of drug-likeness (QED) is 0.0950. The molecule has 8 heteroatoms. The Bertz CT molecular complexity index is 1360. The number of rotatable bonds is 13. The molecule has 1 aromatic heterocycles. The lowest BCUT2D eigenvalue weighted by Crippen LogP contribution is -2.26. The molecule has 0 fully saturated rings. The van der Waals surface area contributed by atoms with Gasteiger partial charge in [0.05, 0.1) is 25.2 Å². The largest absolute Gasteiger partial charge is 0.493 e. The van der Waals surface area contributed by atoms with Gasteiger partial charge in [-0.05, 0) is 61.1 Å². The number of hydrogen-bond donors (Lipinski definition) is 0. The van der Waals surface area contributed by atoms with Crippen molar-refractivity contribution in [2.45, 2.75) is 65.5 Å². The Balaban J connectivity index is 1.79. The summed E-state index contributed by atoms with van der Waals surface area (Å²) in [6.07, 6.45) is -0.422. The SMILES string of the molecule is C=C(C)C(=O)OCC(COc1ccc2cc(-c3ccc(CCCCC)cc3CC)c(=O)oc2c1)CC(F)(F)F. The Morgan fingerprint density at radius 3 is 2.46 bits per heavy atom. The first kappa shape index (κ1) is 30.0. The van der Waals surface area contributed by atoms with E-state index < -0.39 is 36.7 Å². The third-order valence-corrected chi connectivity index (χ3v) is 6.42. The van der Waals surface area contributed by atoms with E-state index in [1.807, 2.05) is 13.0 Å². The number of ether oxygens (including phenoxy) is 2. The second kappa shape index (κ2) is 13.5. The predicted octanol–water partition coefficient (Wildman–Crippen LogP) is 7.82. The van der Waals surface area contributed by atoms with Crippen molar-refractivity contribution >= 4 is 16.9 Å². The molecule has 0 radical (unpaired) electrons. The van der Waals surface area contributed by atoms with E-state index in [2.05, 4.69) is 25.6 Å². The fourth-order valence-corrected chi connectivity index (χ4v) is 4.33. The van der Waals surface area contributed by atoms with Crippen LogP contribution in [0.25, 0.3) is 22.1 Å². The molecule has 0 amide bonds. The molecule has 3 rings (SSSR count). The van der Waals surface area contributed by atoms with Gasteiger partial charge in [-0.3, -0.25) is 0 Å². The standard InChI is InChI=1S/C31H35F3O5/c1-5-7-8-9-21-10-13-26(23(6-2)14-21)27-15-24-11-12-25(16-28(24)39-30(27)36)37-18-22(17-31(32,33)34)19-38-29(35)20(3)4/h10-16,22H,3,5-9,17-19H2,1-2,4H3. The minimum atomic E-state index is -4.46. The van der Waals surface area contributed by atoms with Gasteiger partial charge in [0.25, 0.3) is 0 Å². The van der Waals surface area contributed by atoms with Gasteiger partial charge < -0.3 is 13.9 Å². The smallest absolute Gasteiger partial charge is 0.389 e. The molecule has 0 saturated carbocycles. The van der Waals surface area contributed by atoms with Crippen LogP contribution in [0.5, 0.6) is 5.75 Å². The van der Waals surface area contributed by atoms with E-state index in [1.54, 1.807) is 18.2 Å². The molecule has 1 atom stereocenters. The van der Waals surface area contributed by atoms with E-state index in [0.717, 1.165) is 36.8 Å². The van der Waals surface area contributed by atoms with Crippen molar-refractivity contribution in [3.63, 3.8) is 0 Å². The lowest BCUT2D eigenvalue weighted by molar-refractivity contribution is -0.158. The maximum atomic E-state index is 13.0. The number of carbonyl (C=O) groups excluding carboxylic acids is 1. The van der Waals surface area contributed by atoms with Gasteiger partial charge in [0.1, 0.15) is 11.3 Å². The molecule has 210 valence electrons. The molecule has 3 aromatic rings. The van der Waals surface area contributed by atoms with Gasteiger partial charge in [-0.1, -0.05) is 51.5 Å². The topological polar surface area (TPSA) is 65.7 Å². The van der Waals surface area contributed by atoms with Gasteiger partial charge >= 0.3 is 17.8 Å². The number of benzene rings is 2. The summed E-state index contributed by atoms with van der Waals surface area (Å²) >= 11 is 0. The highest BCUT2D eigenvalue weighted by Gasteiger charge is 2.33. The zero-order valence-electron chi connectivity index (χ0n) is 22.7. The lowest BCUT2D eigenvalue weighted by Gasteiger charge is -2.19. The van der Waals surface area contributed by atoms with E-state index in [9.17, 15) is 22.8 Å². The Morgan fingerprint density at radius 1 is 1.03 bits per heavy atom. The van der Waals surface area contributed by atoms with Crippen molar-refractivity contribution in [1.82, 2.24) is 0 Å². The van der Waals surface area contributed by atoms with Crippen LogP contribution in [0.2, 0.25) is 0 Å². The van der Waals surface area contributed by atoms with Gasteiger partial charge in [-0.15, -0.1) is 0 Å². The molecule has 0 aliphatic heterocycles. The van der Waals surface area contributed by atoms with Crippen molar-refractivity contribution in [2.24, 2.45) is 5.92 Å². The molecular weight excluding hydrogens is 509 g/mol. The number of halogens is 3. The van der Waals surface area contributed by atoms with Crippen LogP contribution < -0.4 is 10.4 Å². The fraction of sp³-hybridized carbons (Fsp3) is 0.419. The third kappa shape index (κ3) is 8.73. The number of hydrogen-bond acceptors (Lipinski definition) is 5. The molecule has 0 aliphatic carbocycles. The summed E-state index contributed by atoms with van der Waals surface area (Å²) in [5.41, 5.74) is 3.45. The average molecular weight is 545 g/mol. The fourth-order valence-electron chi connectivity index (χ4n) is 4.33. The van der Waals surface area contributed by atoms with Gasteiger partial charge in [-0.2, -0.15) is 13.2 Å². The first-order valence-corrected chi connectivity index (χ1v) is 13.2. The summed E-state index contributed by atoms with van der Waals surface area (Å²) in [7, 11) is 0. The van der Waals surface area contributed by atoms with Crippen LogP contribution in [0.4, 0.5) is 13.2 Å². The highest BCUT2D eigenvalue weighted by Crippen LogP contribution is 2.29. The summed E-state index contributed by atoms with van der Waals surface area (Å²) in [6, 6.07) is 12.7. The molecule has 5 nitrogen and oxygen atoms in total. The van der Waals surface area contributed by atoms with Crippen LogP contribution in [-0.4, -0.2) is 25.4 Å². The Morgan fingerprint density at radius 2 is 1.79 bits per heavy atom. The molecule has 0 aliphatic rings. The Hall–Kier alpha value is -3.55. The monoisotopic (exact) mass is 544 g/mol. The molecule has 2 aromatic carbocycles. The van der Waals surface area contributed by atoms with Crippen molar-refractivity contribution in [3.05, 3.63) is 76.2 Å². The number of unbranched alkanes of at least 4 members (excludes halogenated alkanes) is 2. The summed E-state index contributed by atoms with van der Waals surface area (Å²) < 4.78 is 55.2. The number of fused-ring (bicyclic) bond motifs is 1. The van der Waals surface area contributed by atoms with E-state index in [-0.39, 0.29) is 23.5 Å². The predicted molar refractivity (Wildman–Crippen MR) is 146 cm³/mol. The van der Waals surface area contributed by atoms with Gasteiger partial charge in [0.2, 0.25) is 0 Å². The number of aryl methyl sites for hydroxylation is 2. The van der Waals surface area contributed by atoms with E-state index >= 15 is 0 Å². The van der Waals surface area contributed by atoms with Crippen LogP contribution in [0.1, 0.15) is 57.6 Å². The van der Waals surface area contributed by atoms with Crippen LogP contribution in [0, 0.1) is 5.92 Å². The van der Waals surface area contributed by atoms with Gasteiger partial charge in [0, 0.05) is 22.9 Å². The van der Waals surface area contributed by atoms with E-state index in [1.165, 1.54) is 25.0 Å². The summed E-state index contributed by atoms with van der Waals surface area (Å²) in [6.45, 7) is 8.25. The van der Waals surface area contributed by atoms with Crippen LogP contribution >= 0.6 is 0 Å². The number of alkyl halides is 3. The Labute approximate surface area is 226 Å². The first-order valence-electron chi connectivity index (χ1n) is 13.2. The van der Waals surface area contributed by atoms with Gasteiger partial charge in [-0.25, -0.2) is 9.59 Å². The average Bonchev–Trinajstić information content (AvgIpc) is 2.88. The second-order valence-electron chi connectivity index (χ2n) is 9.82. The van der Waals surface area contributed by atoms with E-state index in [0.29, 0.717) is 10.9 Å². The van der Waals surface area contributed by atoms with Crippen LogP contribution in [-0.2, 0) is 22.4 Å². The van der Waals surface area contributed by atoms with E-state index in [4.69, 9.17) is 13.9 Å². The summed E-state index contributed by atoms with van der Waals surface area (Å²) in [4.78, 5) is 24.6. The maximum absolute atomic E-state index is 13.0. The first-order chi connectivity index (χ1) is 18.5. The van der Waals surface area contributed by atoms with Crippen molar-refractivity contribution in [2.75, 3.05) is 13.2 Å². The maximum Gasteiger partial charge on any atom is 0.389 e. The molecule has 1 heterocycles. The van der Waals surface area contributed by atoms with Crippen LogP contribution in [0.3, 0.4) is 0 Å². The zero-order chi connectivity index (χ0) is 28.6.